The van der Waals surface area contributed by atoms with Gasteiger partial charge in [-0.3, -0.25) is 20.4 Å². The summed E-state index contributed by atoms with van der Waals surface area (Å²) in [5, 5.41) is 0. The number of aryl methyl sites for hydroxylation is 1. The van der Waals surface area contributed by atoms with Crippen LogP contribution in [0.3, 0.4) is 0 Å². The Morgan fingerprint density at radius 1 is 1.11 bits per heavy atom. The van der Waals surface area contributed by atoms with Crippen LogP contribution in [-0.2, 0) is 4.79 Å². The normalized spacial score (nSPS) is 10.3. The van der Waals surface area contributed by atoms with Gasteiger partial charge in [0.15, 0.2) is 11.5 Å². The lowest BCUT2D eigenvalue weighted by molar-refractivity contribution is -0.117. The SMILES string of the molecule is C=CCOc1ccc(/C=C/C(=O)NNC(=O)c2ccccc2C)cc1OC. The van der Waals surface area contributed by atoms with Gasteiger partial charge >= 0.3 is 0 Å². The van der Waals surface area contributed by atoms with Gasteiger partial charge in [0, 0.05) is 11.6 Å². The Morgan fingerprint density at radius 3 is 2.59 bits per heavy atom. The average Bonchev–Trinajstić information content (AvgIpc) is 2.69. The maximum Gasteiger partial charge on any atom is 0.269 e. The van der Waals surface area contributed by atoms with Crippen LogP contribution < -0.4 is 20.3 Å². The van der Waals surface area contributed by atoms with Crippen LogP contribution in [0.1, 0.15) is 21.5 Å². The molecule has 0 bridgehead atoms. The number of rotatable bonds is 7. The fourth-order valence-electron chi connectivity index (χ4n) is 2.28. The van der Waals surface area contributed by atoms with E-state index in [9.17, 15) is 9.59 Å². The van der Waals surface area contributed by atoms with Crippen molar-refractivity contribution in [1.29, 1.82) is 0 Å². The van der Waals surface area contributed by atoms with Crippen molar-refractivity contribution in [2.75, 3.05) is 13.7 Å². The molecule has 0 unspecified atom stereocenters. The molecular formula is C21H22N2O4. The van der Waals surface area contributed by atoms with Crippen molar-refractivity contribution in [2.45, 2.75) is 6.92 Å². The molecule has 27 heavy (non-hydrogen) atoms. The van der Waals surface area contributed by atoms with Crippen LogP contribution in [0.25, 0.3) is 6.08 Å². The number of carbonyl (C=O) groups excluding carboxylic acids is 2. The summed E-state index contributed by atoms with van der Waals surface area (Å²) in [5.74, 6) is 0.305. The van der Waals surface area contributed by atoms with Crippen molar-refractivity contribution in [3.05, 3.63) is 77.9 Å². The average molecular weight is 366 g/mol. The Hall–Kier alpha value is -3.54. The van der Waals surface area contributed by atoms with Gasteiger partial charge in [-0.25, -0.2) is 0 Å². The number of amides is 2. The fraction of sp³-hybridized carbons (Fsp3) is 0.143. The van der Waals surface area contributed by atoms with Crippen LogP contribution in [0.5, 0.6) is 11.5 Å². The highest BCUT2D eigenvalue weighted by Crippen LogP contribution is 2.28. The van der Waals surface area contributed by atoms with Crippen molar-refractivity contribution in [3.63, 3.8) is 0 Å². The molecule has 0 aromatic heterocycles. The maximum absolute atomic E-state index is 12.1. The third-order valence-corrected chi connectivity index (χ3v) is 3.66. The quantitative estimate of drug-likeness (QED) is 0.449. The smallest absolute Gasteiger partial charge is 0.269 e. The molecule has 0 fully saturated rings. The monoisotopic (exact) mass is 366 g/mol. The first kappa shape index (κ1) is 19.8. The van der Waals surface area contributed by atoms with Crippen LogP contribution in [0, 0.1) is 6.92 Å². The Morgan fingerprint density at radius 2 is 1.89 bits per heavy atom. The third-order valence-electron chi connectivity index (χ3n) is 3.66. The number of hydrazine groups is 1. The minimum Gasteiger partial charge on any atom is -0.493 e. The molecule has 6 nitrogen and oxygen atoms in total. The molecule has 0 atom stereocenters. The van der Waals surface area contributed by atoms with Gasteiger partial charge in [-0.15, -0.1) is 0 Å². The molecule has 0 spiro atoms. The van der Waals surface area contributed by atoms with Crippen molar-refractivity contribution in [2.24, 2.45) is 0 Å². The molecule has 2 aromatic rings. The molecule has 6 heteroatoms. The topological polar surface area (TPSA) is 76.7 Å². The molecule has 0 aliphatic rings. The second kappa shape index (κ2) is 9.82. The van der Waals surface area contributed by atoms with E-state index >= 15 is 0 Å². The van der Waals surface area contributed by atoms with Crippen LogP contribution in [0.15, 0.2) is 61.2 Å². The summed E-state index contributed by atoms with van der Waals surface area (Å²) < 4.78 is 10.8. The van der Waals surface area contributed by atoms with Crippen molar-refractivity contribution in [3.8, 4) is 11.5 Å². The number of hydrogen-bond donors (Lipinski definition) is 2. The van der Waals surface area contributed by atoms with Gasteiger partial charge in [-0.1, -0.05) is 36.9 Å². The maximum atomic E-state index is 12.1. The van der Waals surface area contributed by atoms with E-state index < -0.39 is 5.91 Å². The van der Waals surface area contributed by atoms with Crippen molar-refractivity contribution in [1.82, 2.24) is 10.9 Å². The molecule has 0 saturated heterocycles. The van der Waals surface area contributed by atoms with Crippen LogP contribution in [0.4, 0.5) is 0 Å². The number of benzene rings is 2. The predicted octanol–water partition coefficient (Wildman–Crippen LogP) is 3.04. The fourth-order valence-corrected chi connectivity index (χ4v) is 2.28. The van der Waals surface area contributed by atoms with E-state index in [2.05, 4.69) is 17.4 Å². The van der Waals surface area contributed by atoms with Gasteiger partial charge in [-0.05, 0) is 42.3 Å². The van der Waals surface area contributed by atoms with Crippen LogP contribution >= 0.6 is 0 Å². The third kappa shape index (κ3) is 5.74. The van der Waals surface area contributed by atoms with E-state index in [1.165, 1.54) is 13.2 Å². The molecule has 2 rings (SSSR count). The zero-order valence-electron chi connectivity index (χ0n) is 15.3. The molecule has 140 valence electrons. The second-order valence-electron chi connectivity index (χ2n) is 5.60. The summed E-state index contributed by atoms with van der Waals surface area (Å²) in [6.45, 7) is 5.80. The Kier molecular flexibility index (Phi) is 7.19. The minimum atomic E-state index is -0.456. The second-order valence-corrected chi connectivity index (χ2v) is 5.60. The van der Waals surface area contributed by atoms with E-state index in [-0.39, 0.29) is 5.91 Å². The van der Waals surface area contributed by atoms with Crippen molar-refractivity contribution >= 4 is 17.9 Å². The van der Waals surface area contributed by atoms with E-state index in [1.807, 2.05) is 19.1 Å². The Labute approximate surface area is 158 Å². The van der Waals surface area contributed by atoms with Gasteiger partial charge in [-0.2, -0.15) is 0 Å². The molecule has 0 aliphatic heterocycles. The summed E-state index contributed by atoms with van der Waals surface area (Å²) in [6, 6.07) is 12.4. The number of carbonyl (C=O) groups is 2. The summed E-state index contributed by atoms with van der Waals surface area (Å²) in [7, 11) is 1.54. The highest BCUT2D eigenvalue weighted by atomic mass is 16.5. The zero-order valence-corrected chi connectivity index (χ0v) is 15.3. The minimum absolute atomic E-state index is 0.370. The lowest BCUT2D eigenvalue weighted by Crippen LogP contribution is -2.41. The number of ether oxygens (including phenoxy) is 2. The van der Waals surface area contributed by atoms with E-state index in [0.29, 0.717) is 23.7 Å². The zero-order chi connectivity index (χ0) is 19.6. The Balaban J connectivity index is 1.95. The standard InChI is InChI=1S/C21H22N2O4/c1-4-13-27-18-11-9-16(14-19(18)26-3)10-12-20(24)22-23-21(25)17-8-6-5-7-15(17)2/h4-12,14H,1,13H2,2-3H3,(H,22,24)(H,23,25)/b12-10+. The van der Waals surface area contributed by atoms with E-state index in [0.717, 1.165) is 11.1 Å². The molecule has 0 radical (unpaired) electrons. The first-order valence-electron chi connectivity index (χ1n) is 8.31. The van der Waals surface area contributed by atoms with E-state index in [1.54, 1.807) is 42.5 Å². The molecular weight excluding hydrogens is 344 g/mol. The Bertz CT molecular complexity index is 859. The predicted molar refractivity (Wildman–Crippen MR) is 105 cm³/mol. The molecule has 2 N–H and O–H groups in total. The lowest BCUT2D eigenvalue weighted by Gasteiger charge is -2.10. The first-order chi connectivity index (χ1) is 13.0. The van der Waals surface area contributed by atoms with Crippen molar-refractivity contribution < 1.29 is 19.1 Å². The highest BCUT2D eigenvalue weighted by molar-refractivity contribution is 5.98. The summed E-state index contributed by atoms with van der Waals surface area (Å²) in [5.41, 5.74) is 6.82. The molecule has 2 aromatic carbocycles. The molecule has 0 aliphatic carbocycles. The number of methoxy groups -OCH3 is 1. The molecule has 2 amide bonds. The molecule has 0 saturated carbocycles. The van der Waals surface area contributed by atoms with Crippen LogP contribution in [0.2, 0.25) is 0 Å². The van der Waals surface area contributed by atoms with Gasteiger partial charge in [0.25, 0.3) is 11.8 Å². The van der Waals surface area contributed by atoms with E-state index in [4.69, 9.17) is 9.47 Å². The van der Waals surface area contributed by atoms with Crippen LogP contribution in [-0.4, -0.2) is 25.5 Å². The number of hydrogen-bond acceptors (Lipinski definition) is 4. The molecule has 0 heterocycles. The van der Waals surface area contributed by atoms with Gasteiger partial charge in [0.2, 0.25) is 0 Å². The largest absolute Gasteiger partial charge is 0.493 e. The van der Waals surface area contributed by atoms with Gasteiger partial charge < -0.3 is 9.47 Å². The summed E-state index contributed by atoms with van der Waals surface area (Å²) >= 11 is 0. The summed E-state index contributed by atoms with van der Waals surface area (Å²) in [4.78, 5) is 24.0. The first-order valence-corrected chi connectivity index (χ1v) is 8.31. The number of nitrogens with one attached hydrogen (secondary N) is 2. The van der Waals surface area contributed by atoms with Gasteiger partial charge in [0.05, 0.1) is 7.11 Å². The lowest BCUT2D eigenvalue weighted by atomic mass is 10.1. The summed E-state index contributed by atoms with van der Waals surface area (Å²) in [6.07, 6.45) is 4.56. The highest BCUT2D eigenvalue weighted by Gasteiger charge is 2.08. The van der Waals surface area contributed by atoms with Gasteiger partial charge in [0.1, 0.15) is 6.61 Å².